The van der Waals surface area contributed by atoms with Crippen LogP contribution in [-0.2, 0) is 10.0 Å². The van der Waals surface area contributed by atoms with Crippen LogP contribution in [0.4, 0.5) is 5.69 Å². The van der Waals surface area contributed by atoms with Gasteiger partial charge in [0, 0.05) is 18.7 Å². The Bertz CT molecular complexity index is 527. The molecule has 0 bridgehead atoms. The van der Waals surface area contributed by atoms with Crippen LogP contribution >= 0.6 is 0 Å². The van der Waals surface area contributed by atoms with Crippen LogP contribution in [0.15, 0.2) is 23.1 Å². The Morgan fingerprint density at radius 3 is 2.42 bits per heavy atom. The minimum Gasteiger partial charge on any atom is -0.497 e. The first kappa shape index (κ1) is 15.8. The zero-order valence-corrected chi connectivity index (χ0v) is 12.7. The molecule has 0 amide bonds. The Labute approximate surface area is 115 Å². The number of ether oxygens (including phenoxy) is 1. The average Bonchev–Trinajstić information content (AvgIpc) is 2.34. The monoisotopic (exact) mass is 286 g/mol. The number of anilines is 1. The molecule has 0 heterocycles. The maximum atomic E-state index is 12.6. The lowest BCUT2D eigenvalue weighted by Crippen LogP contribution is -2.37. The normalized spacial score (nSPS) is 12.1. The first-order chi connectivity index (χ1) is 8.84. The van der Waals surface area contributed by atoms with Gasteiger partial charge in [0.15, 0.2) is 0 Å². The average molecular weight is 286 g/mol. The molecule has 0 atom stereocenters. The van der Waals surface area contributed by atoms with Crippen molar-refractivity contribution in [1.82, 2.24) is 4.31 Å². The van der Waals surface area contributed by atoms with E-state index in [9.17, 15) is 8.42 Å². The quantitative estimate of drug-likeness (QED) is 0.813. The van der Waals surface area contributed by atoms with Gasteiger partial charge in [-0.3, -0.25) is 0 Å². The number of sulfonamides is 1. The van der Waals surface area contributed by atoms with Crippen molar-refractivity contribution in [3.8, 4) is 5.75 Å². The molecule has 0 aliphatic carbocycles. The van der Waals surface area contributed by atoms with Crippen LogP contribution in [0.1, 0.15) is 27.2 Å². The van der Waals surface area contributed by atoms with Gasteiger partial charge in [-0.05, 0) is 32.4 Å². The van der Waals surface area contributed by atoms with E-state index in [0.29, 0.717) is 12.3 Å². The fraction of sp³-hybridized carbons (Fsp3) is 0.538. The number of nitrogens with zero attached hydrogens (tertiary/aromatic N) is 1. The number of benzene rings is 1. The Balaban J connectivity index is 3.25. The molecule has 1 rings (SSSR count). The molecule has 2 N–H and O–H groups in total. The summed E-state index contributed by atoms with van der Waals surface area (Å²) in [5, 5.41) is 0. The van der Waals surface area contributed by atoms with Crippen LogP contribution in [0, 0.1) is 0 Å². The Kier molecular flexibility index (Phi) is 5.20. The lowest BCUT2D eigenvalue weighted by atomic mass is 10.3. The molecule has 0 saturated carbocycles. The molecule has 0 radical (unpaired) electrons. The Morgan fingerprint density at radius 2 is 2.00 bits per heavy atom. The van der Waals surface area contributed by atoms with Gasteiger partial charge >= 0.3 is 0 Å². The summed E-state index contributed by atoms with van der Waals surface area (Å²) in [6.45, 7) is 6.13. The maximum Gasteiger partial charge on any atom is 0.245 e. The number of hydrogen-bond donors (Lipinski definition) is 1. The predicted octanol–water partition coefficient (Wildman–Crippen LogP) is 2.09. The third kappa shape index (κ3) is 3.39. The lowest BCUT2D eigenvalue weighted by molar-refractivity contribution is 0.354. The summed E-state index contributed by atoms with van der Waals surface area (Å²) in [7, 11) is -2.05. The maximum absolute atomic E-state index is 12.6. The summed E-state index contributed by atoms with van der Waals surface area (Å²) >= 11 is 0. The van der Waals surface area contributed by atoms with Gasteiger partial charge in [-0.25, -0.2) is 8.42 Å². The number of nitrogens with two attached hydrogens (primary N) is 1. The zero-order valence-electron chi connectivity index (χ0n) is 11.9. The molecular formula is C13H22N2O3S. The van der Waals surface area contributed by atoms with Gasteiger partial charge in [0.25, 0.3) is 0 Å². The molecule has 6 heteroatoms. The first-order valence-corrected chi connectivity index (χ1v) is 7.74. The van der Waals surface area contributed by atoms with Gasteiger partial charge in [0.2, 0.25) is 10.0 Å². The van der Waals surface area contributed by atoms with Crippen molar-refractivity contribution in [2.75, 3.05) is 19.4 Å². The molecule has 0 aliphatic heterocycles. The van der Waals surface area contributed by atoms with E-state index in [1.54, 1.807) is 6.07 Å². The van der Waals surface area contributed by atoms with Gasteiger partial charge in [0.1, 0.15) is 10.6 Å². The molecule has 1 aromatic carbocycles. The standard InChI is InChI=1S/C13H22N2O3S/c1-5-8-15(10(2)3)19(16,17)13-7-6-11(18-4)9-12(13)14/h6-7,9-10H,5,8,14H2,1-4H3. The summed E-state index contributed by atoms with van der Waals surface area (Å²) < 4.78 is 31.7. The highest BCUT2D eigenvalue weighted by atomic mass is 32.2. The van der Waals surface area contributed by atoms with E-state index in [-0.39, 0.29) is 16.6 Å². The van der Waals surface area contributed by atoms with E-state index < -0.39 is 10.0 Å². The molecular weight excluding hydrogens is 264 g/mol. The first-order valence-electron chi connectivity index (χ1n) is 6.30. The fourth-order valence-corrected chi connectivity index (χ4v) is 3.72. The van der Waals surface area contributed by atoms with E-state index >= 15 is 0 Å². The van der Waals surface area contributed by atoms with Crippen molar-refractivity contribution >= 4 is 15.7 Å². The van der Waals surface area contributed by atoms with Crippen LogP contribution in [0.25, 0.3) is 0 Å². The van der Waals surface area contributed by atoms with Gasteiger partial charge in [0.05, 0.1) is 12.8 Å². The summed E-state index contributed by atoms with van der Waals surface area (Å²) in [5.41, 5.74) is 6.04. The summed E-state index contributed by atoms with van der Waals surface area (Å²) in [6, 6.07) is 4.52. The molecule has 1 aromatic rings. The van der Waals surface area contributed by atoms with Crippen LogP contribution in [0.3, 0.4) is 0 Å². The molecule has 0 fully saturated rings. The van der Waals surface area contributed by atoms with Crippen LogP contribution in [0.5, 0.6) is 5.75 Å². The molecule has 0 saturated heterocycles. The second-order valence-electron chi connectivity index (χ2n) is 4.61. The van der Waals surface area contributed by atoms with Crippen LogP contribution in [0.2, 0.25) is 0 Å². The SMILES string of the molecule is CCCN(C(C)C)S(=O)(=O)c1ccc(OC)cc1N. The van der Waals surface area contributed by atoms with Crippen molar-refractivity contribution in [2.45, 2.75) is 38.1 Å². The second-order valence-corrected chi connectivity index (χ2v) is 6.47. The fourth-order valence-electron chi connectivity index (χ4n) is 1.89. The molecule has 108 valence electrons. The highest BCUT2D eigenvalue weighted by Gasteiger charge is 2.28. The summed E-state index contributed by atoms with van der Waals surface area (Å²) in [4.78, 5) is 0.135. The van der Waals surface area contributed by atoms with Crippen molar-refractivity contribution in [3.63, 3.8) is 0 Å². The Hall–Kier alpha value is -1.27. The summed E-state index contributed by atoms with van der Waals surface area (Å²) in [5.74, 6) is 0.544. The van der Waals surface area contributed by atoms with Crippen LogP contribution < -0.4 is 10.5 Å². The van der Waals surface area contributed by atoms with E-state index in [0.717, 1.165) is 6.42 Å². The highest BCUT2D eigenvalue weighted by Crippen LogP contribution is 2.27. The zero-order chi connectivity index (χ0) is 14.6. The van der Waals surface area contributed by atoms with E-state index in [1.807, 2.05) is 20.8 Å². The highest BCUT2D eigenvalue weighted by molar-refractivity contribution is 7.89. The van der Waals surface area contributed by atoms with Crippen LogP contribution in [-0.4, -0.2) is 32.4 Å². The predicted molar refractivity (Wildman–Crippen MR) is 76.7 cm³/mol. The van der Waals surface area contributed by atoms with Crippen molar-refractivity contribution in [3.05, 3.63) is 18.2 Å². The summed E-state index contributed by atoms with van der Waals surface area (Å²) in [6.07, 6.45) is 0.757. The largest absolute Gasteiger partial charge is 0.497 e. The topological polar surface area (TPSA) is 72.6 Å². The molecule has 0 aliphatic rings. The number of nitrogen functional groups attached to an aromatic ring is 1. The third-order valence-corrected chi connectivity index (χ3v) is 4.97. The van der Waals surface area contributed by atoms with Gasteiger partial charge in [-0.2, -0.15) is 4.31 Å². The van der Waals surface area contributed by atoms with E-state index in [4.69, 9.17) is 10.5 Å². The minimum atomic E-state index is -3.57. The molecule has 0 spiro atoms. The van der Waals surface area contributed by atoms with Crippen molar-refractivity contribution < 1.29 is 13.2 Å². The number of hydrogen-bond acceptors (Lipinski definition) is 4. The third-order valence-electron chi connectivity index (χ3n) is 2.82. The van der Waals surface area contributed by atoms with Crippen molar-refractivity contribution in [1.29, 1.82) is 0 Å². The molecule has 0 aromatic heterocycles. The lowest BCUT2D eigenvalue weighted by Gasteiger charge is -2.26. The van der Waals surface area contributed by atoms with E-state index in [2.05, 4.69) is 0 Å². The van der Waals surface area contributed by atoms with Gasteiger partial charge in [-0.15, -0.1) is 0 Å². The van der Waals surface area contributed by atoms with E-state index in [1.165, 1.54) is 23.5 Å². The second kappa shape index (κ2) is 6.25. The minimum absolute atomic E-state index is 0.105. The number of rotatable bonds is 6. The van der Waals surface area contributed by atoms with Crippen molar-refractivity contribution in [2.24, 2.45) is 0 Å². The molecule has 5 nitrogen and oxygen atoms in total. The smallest absolute Gasteiger partial charge is 0.245 e. The van der Waals surface area contributed by atoms with Gasteiger partial charge in [-0.1, -0.05) is 6.92 Å². The number of methoxy groups -OCH3 is 1. The molecule has 19 heavy (non-hydrogen) atoms. The Morgan fingerprint density at radius 1 is 1.37 bits per heavy atom. The van der Waals surface area contributed by atoms with Gasteiger partial charge < -0.3 is 10.5 Å². The molecule has 0 unspecified atom stereocenters.